The Kier molecular flexibility index (Phi) is 9.44. The van der Waals surface area contributed by atoms with Crippen molar-refractivity contribution in [2.75, 3.05) is 39.9 Å². The minimum atomic E-state index is 0. The van der Waals surface area contributed by atoms with E-state index in [1.54, 1.807) is 7.05 Å². The second-order valence-corrected chi connectivity index (χ2v) is 7.29. The predicted molar refractivity (Wildman–Crippen MR) is 123 cm³/mol. The van der Waals surface area contributed by atoms with Crippen molar-refractivity contribution in [1.29, 1.82) is 0 Å². The maximum atomic E-state index is 5.91. The van der Waals surface area contributed by atoms with Crippen LogP contribution in [-0.4, -0.2) is 55.9 Å². The molecule has 2 aromatic heterocycles. The summed E-state index contributed by atoms with van der Waals surface area (Å²) >= 11 is 0. The maximum Gasteiger partial charge on any atom is 0.191 e. The summed E-state index contributed by atoms with van der Waals surface area (Å²) < 4.78 is 16.8. The number of nitrogens with zero attached hydrogens (tertiary/aromatic N) is 3. The molecule has 2 aromatic rings. The van der Waals surface area contributed by atoms with Crippen LogP contribution in [0.4, 0.5) is 0 Å². The van der Waals surface area contributed by atoms with Gasteiger partial charge in [0.05, 0.1) is 31.5 Å². The van der Waals surface area contributed by atoms with Crippen LogP contribution in [0.15, 0.2) is 32.1 Å². The number of aliphatic imine (C=N–C) groups is 1. The SMILES string of the molecule is CN=C(NCc1cc(C(C)C)no1)NCC(c1ccc(C)o1)N1CCOCC1.I. The molecule has 0 saturated carbocycles. The highest BCUT2D eigenvalue weighted by molar-refractivity contribution is 14.0. The molecule has 0 aromatic carbocycles. The smallest absolute Gasteiger partial charge is 0.191 e. The third kappa shape index (κ3) is 6.71. The fraction of sp³-hybridized carbons (Fsp3) is 0.600. The number of hydrogen-bond acceptors (Lipinski definition) is 6. The van der Waals surface area contributed by atoms with Gasteiger partial charge in [-0.15, -0.1) is 24.0 Å². The number of halogens is 1. The van der Waals surface area contributed by atoms with Crippen molar-refractivity contribution in [1.82, 2.24) is 20.7 Å². The number of morpholine rings is 1. The summed E-state index contributed by atoms with van der Waals surface area (Å²) in [5.74, 6) is 3.73. The standard InChI is InChI=1S/C20H31N5O3.HI/c1-14(2)17-11-16(28-24-17)12-22-20(21-4)23-13-18(19-6-5-15(3)27-19)25-7-9-26-10-8-25;/h5-6,11,14,18H,7-10,12-13H2,1-4H3,(H2,21,22,23);1H. The van der Waals surface area contributed by atoms with Gasteiger partial charge in [-0.1, -0.05) is 19.0 Å². The van der Waals surface area contributed by atoms with Gasteiger partial charge in [0.2, 0.25) is 0 Å². The van der Waals surface area contributed by atoms with Crippen molar-refractivity contribution in [2.24, 2.45) is 4.99 Å². The lowest BCUT2D eigenvalue weighted by Crippen LogP contribution is -2.46. The number of rotatable bonds is 7. The second kappa shape index (κ2) is 11.6. The Morgan fingerprint density at radius 1 is 1.24 bits per heavy atom. The average molecular weight is 517 g/mol. The molecule has 29 heavy (non-hydrogen) atoms. The van der Waals surface area contributed by atoms with Crippen LogP contribution in [0.2, 0.25) is 0 Å². The van der Waals surface area contributed by atoms with Crippen LogP contribution in [-0.2, 0) is 11.3 Å². The van der Waals surface area contributed by atoms with Crippen LogP contribution in [0.5, 0.6) is 0 Å². The van der Waals surface area contributed by atoms with Crippen LogP contribution in [0, 0.1) is 6.92 Å². The molecular formula is C20H32IN5O3. The first kappa shape index (κ1) is 23.7. The summed E-state index contributed by atoms with van der Waals surface area (Å²) in [4.78, 5) is 6.70. The first-order valence-electron chi connectivity index (χ1n) is 9.85. The van der Waals surface area contributed by atoms with Gasteiger partial charge in [0, 0.05) is 32.7 Å². The van der Waals surface area contributed by atoms with Gasteiger partial charge < -0.3 is 24.3 Å². The van der Waals surface area contributed by atoms with Gasteiger partial charge in [0.15, 0.2) is 11.7 Å². The zero-order chi connectivity index (χ0) is 19.9. The fourth-order valence-corrected chi connectivity index (χ4v) is 3.20. The van der Waals surface area contributed by atoms with E-state index in [2.05, 4.69) is 45.6 Å². The van der Waals surface area contributed by atoms with E-state index in [0.717, 1.165) is 49.3 Å². The van der Waals surface area contributed by atoms with Crippen molar-refractivity contribution < 1.29 is 13.7 Å². The molecule has 0 aliphatic carbocycles. The molecule has 9 heteroatoms. The Morgan fingerprint density at radius 2 is 2.00 bits per heavy atom. The molecule has 1 aliphatic heterocycles. The highest BCUT2D eigenvalue weighted by Gasteiger charge is 2.25. The highest BCUT2D eigenvalue weighted by Crippen LogP contribution is 2.23. The molecule has 1 unspecified atom stereocenters. The largest absolute Gasteiger partial charge is 0.465 e. The van der Waals surface area contributed by atoms with E-state index < -0.39 is 0 Å². The van der Waals surface area contributed by atoms with E-state index >= 15 is 0 Å². The third-order valence-electron chi connectivity index (χ3n) is 4.86. The minimum Gasteiger partial charge on any atom is -0.465 e. The van der Waals surface area contributed by atoms with Crippen LogP contribution in [0.3, 0.4) is 0 Å². The molecular weight excluding hydrogens is 485 g/mol. The number of nitrogens with one attached hydrogen (secondary N) is 2. The number of ether oxygens (including phenoxy) is 1. The highest BCUT2D eigenvalue weighted by atomic mass is 127. The monoisotopic (exact) mass is 517 g/mol. The Labute approximate surface area is 189 Å². The molecule has 8 nitrogen and oxygen atoms in total. The van der Waals surface area contributed by atoms with Crippen LogP contribution in [0.25, 0.3) is 0 Å². The molecule has 1 saturated heterocycles. The lowest BCUT2D eigenvalue weighted by molar-refractivity contribution is 0.0124. The Bertz CT molecular complexity index is 768. The van der Waals surface area contributed by atoms with E-state index in [4.69, 9.17) is 13.7 Å². The van der Waals surface area contributed by atoms with Gasteiger partial charge in [0.1, 0.15) is 11.5 Å². The van der Waals surface area contributed by atoms with E-state index in [9.17, 15) is 0 Å². The number of hydrogen-bond donors (Lipinski definition) is 2. The molecule has 1 atom stereocenters. The summed E-state index contributed by atoms with van der Waals surface area (Å²) in [5, 5.41) is 10.8. The predicted octanol–water partition coefficient (Wildman–Crippen LogP) is 3.06. The maximum absolute atomic E-state index is 5.91. The minimum absolute atomic E-state index is 0. The third-order valence-corrected chi connectivity index (χ3v) is 4.86. The van der Waals surface area contributed by atoms with Gasteiger partial charge in [-0.3, -0.25) is 9.89 Å². The second-order valence-electron chi connectivity index (χ2n) is 7.29. The van der Waals surface area contributed by atoms with Crippen LogP contribution >= 0.6 is 24.0 Å². The number of furan rings is 1. The molecule has 0 bridgehead atoms. The molecule has 0 spiro atoms. The topological polar surface area (TPSA) is 88.1 Å². The molecule has 0 radical (unpaired) electrons. The molecule has 0 amide bonds. The van der Waals surface area contributed by atoms with Gasteiger partial charge in [0.25, 0.3) is 0 Å². The Hall–Kier alpha value is -1.59. The van der Waals surface area contributed by atoms with E-state index in [1.165, 1.54) is 0 Å². The number of guanidine groups is 1. The zero-order valence-electron chi connectivity index (χ0n) is 17.6. The summed E-state index contributed by atoms with van der Waals surface area (Å²) in [5.41, 5.74) is 0.959. The zero-order valence-corrected chi connectivity index (χ0v) is 19.9. The fourth-order valence-electron chi connectivity index (χ4n) is 3.20. The van der Waals surface area contributed by atoms with E-state index in [1.807, 2.05) is 19.1 Å². The first-order valence-corrected chi connectivity index (χ1v) is 9.85. The summed E-state index contributed by atoms with van der Waals surface area (Å²) in [6.07, 6.45) is 0. The van der Waals surface area contributed by atoms with Crippen molar-refractivity contribution in [2.45, 2.75) is 39.3 Å². The first-order chi connectivity index (χ1) is 13.6. The van der Waals surface area contributed by atoms with Crippen LogP contribution in [0.1, 0.15) is 48.8 Å². The summed E-state index contributed by atoms with van der Waals surface area (Å²) in [6, 6.07) is 6.16. The molecule has 1 fully saturated rings. The number of aryl methyl sites for hydroxylation is 1. The van der Waals surface area contributed by atoms with Gasteiger partial charge in [-0.2, -0.15) is 0 Å². The molecule has 1 aliphatic rings. The van der Waals surface area contributed by atoms with Crippen molar-refractivity contribution >= 4 is 29.9 Å². The van der Waals surface area contributed by atoms with Gasteiger partial charge >= 0.3 is 0 Å². The Morgan fingerprint density at radius 3 is 2.59 bits per heavy atom. The lowest BCUT2D eigenvalue weighted by Gasteiger charge is -2.33. The van der Waals surface area contributed by atoms with Gasteiger partial charge in [-0.25, -0.2) is 0 Å². The molecule has 2 N–H and O–H groups in total. The molecule has 3 heterocycles. The number of aromatic nitrogens is 1. The normalized spacial score (nSPS) is 16.5. The molecule has 3 rings (SSSR count). The van der Waals surface area contributed by atoms with Crippen molar-refractivity contribution in [3.8, 4) is 0 Å². The quantitative estimate of drug-likeness (QED) is 0.332. The molecule has 162 valence electrons. The van der Waals surface area contributed by atoms with Crippen LogP contribution < -0.4 is 10.6 Å². The average Bonchev–Trinajstić information content (AvgIpc) is 3.34. The lowest BCUT2D eigenvalue weighted by atomic mass is 10.1. The van der Waals surface area contributed by atoms with Crippen molar-refractivity contribution in [3.05, 3.63) is 41.2 Å². The Balaban J connectivity index is 0.00000300. The van der Waals surface area contributed by atoms with E-state index in [-0.39, 0.29) is 30.0 Å². The van der Waals surface area contributed by atoms with E-state index in [0.29, 0.717) is 25.0 Å². The summed E-state index contributed by atoms with van der Waals surface area (Å²) in [7, 11) is 1.76. The summed E-state index contributed by atoms with van der Waals surface area (Å²) in [6.45, 7) is 10.6. The van der Waals surface area contributed by atoms with Crippen molar-refractivity contribution in [3.63, 3.8) is 0 Å². The van der Waals surface area contributed by atoms with Gasteiger partial charge in [-0.05, 0) is 25.0 Å².